The highest BCUT2D eigenvalue weighted by Gasteiger charge is 2.18. The van der Waals surface area contributed by atoms with Gasteiger partial charge in [-0.3, -0.25) is 9.69 Å². The van der Waals surface area contributed by atoms with Crippen LogP contribution in [-0.2, 0) is 16.1 Å². The van der Waals surface area contributed by atoms with E-state index in [9.17, 15) is 4.79 Å². The number of nitrogens with zero attached hydrogens (tertiary/aromatic N) is 2. The molecule has 0 saturated carbocycles. The molecule has 1 fully saturated rings. The zero-order valence-electron chi connectivity index (χ0n) is 12.8. The second-order valence-electron chi connectivity index (χ2n) is 5.37. The van der Waals surface area contributed by atoms with Crippen molar-refractivity contribution in [3.63, 3.8) is 0 Å². The molecule has 0 unspecified atom stereocenters. The van der Waals surface area contributed by atoms with Crippen molar-refractivity contribution >= 4 is 38.3 Å². The van der Waals surface area contributed by atoms with Gasteiger partial charge in [0.1, 0.15) is 0 Å². The lowest BCUT2D eigenvalue weighted by atomic mass is 10.1. The maximum Gasteiger partial charge on any atom is 0.223 e. The topological polar surface area (TPSA) is 54.5 Å². The highest BCUT2D eigenvalue weighted by atomic mass is 79.9. The summed E-state index contributed by atoms with van der Waals surface area (Å²) in [7, 11) is 0. The number of halogens is 1. The number of morpholine rings is 1. The van der Waals surface area contributed by atoms with E-state index in [4.69, 9.17) is 4.74 Å². The molecule has 2 heterocycles. The summed E-state index contributed by atoms with van der Waals surface area (Å²) in [6.45, 7) is 5.71. The summed E-state index contributed by atoms with van der Waals surface area (Å²) in [5.41, 5.74) is 2.00. The first kappa shape index (κ1) is 16.6. The quantitative estimate of drug-likeness (QED) is 0.861. The molecule has 0 spiro atoms. The van der Waals surface area contributed by atoms with Gasteiger partial charge in [0, 0.05) is 41.5 Å². The molecule has 3 rings (SSSR count). The maximum absolute atomic E-state index is 11.3. The third-order valence-electron chi connectivity index (χ3n) is 3.57. The van der Waals surface area contributed by atoms with Crippen LogP contribution in [0.25, 0.3) is 11.3 Å². The van der Waals surface area contributed by atoms with E-state index in [2.05, 4.69) is 31.1 Å². The Hall–Kier alpha value is -1.28. The van der Waals surface area contributed by atoms with Gasteiger partial charge in [-0.15, -0.1) is 0 Å². The zero-order valence-corrected chi connectivity index (χ0v) is 15.2. The van der Waals surface area contributed by atoms with E-state index < -0.39 is 0 Å². The molecule has 0 aliphatic carbocycles. The molecule has 5 nitrogen and oxygen atoms in total. The maximum atomic E-state index is 11.3. The van der Waals surface area contributed by atoms with E-state index >= 15 is 0 Å². The average molecular weight is 396 g/mol. The molecule has 0 atom stereocenters. The molecule has 1 aliphatic rings. The number of hydrogen-bond donors (Lipinski definition) is 1. The second kappa shape index (κ2) is 7.53. The van der Waals surface area contributed by atoms with Crippen LogP contribution < -0.4 is 5.32 Å². The van der Waals surface area contributed by atoms with E-state index in [1.54, 1.807) is 11.3 Å². The highest BCUT2D eigenvalue weighted by Crippen LogP contribution is 2.33. The lowest BCUT2D eigenvalue weighted by Crippen LogP contribution is -2.35. The number of hydrogen-bond acceptors (Lipinski definition) is 5. The molecule has 1 aromatic heterocycles. The van der Waals surface area contributed by atoms with Crippen molar-refractivity contribution in [2.24, 2.45) is 0 Å². The Morgan fingerprint density at radius 2 is 2.04 bits per heavy atom. The first-order chi connectivity index (χ1) is 11.1. The van der Waals surface area contributed by atoms with Gasteiger partial charge >= 0.3 is 0 Å². The fraction of sp³-hybridized carbons (Fsp3) is 0.375. The van der Waals surface area contributed by atoms with Crippen molar-refractivity contribution in [3.8, 4) is 11.3 Å². The number of anilines is 1. The van der Waals surface area contributed by atoms with Crippen LogP contribution in [0.5, 0.6) is 0 Å². The van der Waals surface area contributed by atoms with Gasteiger partial charge in [0.05, 0.1) is 18.9 Å². The van der Waals surface area contributed by atoms with Gasteiger partial charge in [0.15, 0.2) is 5.13 Å². The Morgan fingerprint density at radius 3 is 2.70 bits per heavy atom. The van der Waals surface area contributed by atoms with E-state index in [0.717, 1.165) is 53.5 Å². The number of ether oxygens (including phenoxy) is 1. The lowest BCUT2D eigenvalue weighted by molar-refractivity contribution is -0.114. The molecule has 122 valence electrons. The minimum Gasteiger partial charge on any atom is -0.379 e. The smallest absolute Gasteiger partial charge is 0.223 e. The van der Waals surface area contributed by atoms with Crippen molar-refractivity contribution in [3.05, 3.63) is 33.6 Å². The minimum absolute atomic E-state index is 0.0981. The van der Waals surface area contributed by atoms with Gasteiger partial charge in [0.2, 0.25) is 5.91 Å². The molecule has 1 saturated heterocycles. The third kappa shape index (κ3) is 4.38. The molecular weight excluding hydrogens is 378 g/mol. The van der Waals surface area contributed by atoms with E-state index in [0.29, 0.717) is 5.13 Å². The number of amides is 1. The molecule has 1 N–H and O–H groups in total. The SMILES string of the molecule is CC(=O)Nc1nc(-c2ccc(Br)cc2)c(CN2CCOCC2)s1. The molecular formula is C16H18BrN3O2S. The van der Waals surface area contributed by atoms with Gasteiger partial charge in [-0.2, -0.15) is 0 Å². The van der Waals surface area contributed by atoms with Gasteiger partial charge in [0.25, 0.3) is 0 Å². The van der Waals surface area contributed by atoms with E-state index in [-0.39, 0.29) is 5.91 Å². The fourth-order valence-corrected chi connectivity index (χ4v) is 3.80. The first-order valence-electron chi connectivity index (χ1n) is 7.45. The van der Waals surface area contributed by atoms with Crippen LogP contribution in [0.2, 0.25) is 0 Å². The number of benzene rings is 1. The monoisotopic (exact) mass is 395 g/mol. The van der Waals surface area contributed by atoms with Crippen molar-refractivity contribution < 1.29 is 9.53 Å². The number of aromatic nitrogens is 1. The summed E-state index contributed by atoms with van der Waals surface area (Å²) in [6, 6.07) is 8.09. The summed E-state index contributed by atoms with van der Waals surface area (Å²) in [4.78, 5) is 19.5. The predicted octanol–water partition coefficient (Wildman–Crippen LogP) is 3.36. The largest absolute Gasteiger partial charge is 0.379 e. The molecule has 1 amide bonds. The molecule has 23 heavy (non-hydrogen) atoms. The summed E-state index contributed by atoms with van der Waals surface area (Å²) in [6.07, 6.45) is 0. The van der Waals surface area contributed by atoms with E-state index in [1.807, 2.05) is 24.3 Å². The van der Waals surface area contributed by atoms with Crippen LogP contribution >= 0.6 is 27.3 Å². The van der Waals surface area contributed by atoms with Crippen LogP contribution in [0.15, 0.2) is 28.7 Å². The van der Waals surface area contributed by atoms with Crippen molar-refractivity contribution in [1.29, 1.82) is 0 Å². The summed E-state index contributed by atoms with van der Waals surface area (Å²) >= 11 is 5.00. The van der Waals surface area contributed by atoms with Crippen molar-refractivity contribution in [1.82, 2.24) is 9.88 Å². The average Bonchev–Trinajstić information content (AvgIpc) is 2.90. The predicted molar refractivity (Wildman–Crippen MR) is 95.6 cm³/mol. The second-order valence-corrected chi connectivity index (χ2v) is 7.37. The zero-order chi connectivity index (χ0) is 16.2. The van der Waals surface area contributed by atoms with Gasteiger partial charge in [-0.1, -0.05) is 39.4 Å². The van der Waals surface area contributed by atoms with Gasteiger partial charge in [-0.05, 0) is 12.1 Å². The standard InChI is InChI=1S/C16H18BrN3O2S/c1-11(21)18-16-19-15(12-2-4-13(17)5-3-12)14(23-16)10-20-6-8-22-9-7-20/h2-5H,6-10H2,1H3,(H,18,19,21). The fourth-order valence-electron chi connectivity index (χ4n) is 2.46. The Balaban J connectivity index is 1.89. The molecule has 0 bridgehead atoms. The molecule has 0 radical (unpaired) electrons. The minimum atomic E-state index is -0.0981. The number of carbonyl (C=O) groups is 1. The van der Waals surface area contributed by atoms with Crippen LogP contribution in [0.3, 0.4) is 0 Å². The number of carbonyl (C=O) groups excluding carboxylic acids is 1. The first-order valence-corrected chi connectivity index (χ1v) is 9.06. The normalized spacial score (nSPS) is 15.6. The summed E-state index contributed by atoms with van der Waals surface area (Å²) in [5.74, 6) is -0.0981. The summed E-state index contributed by atoms with van der Waals surface area (Å²) < 4.78 is 6.44. The number of nitrogens with one attached hydrogen (secondary N) is 1. The van der Waals surface area contributed by atoms with Crippen molar-refractivity contribution in [2.45, 2.75) is 13.5 Å². The highest BCUT2D eigenvalue weighted by molar-refractivity contribution is 9.10. The molecule has 1 aliphatic heterocycles. The van der Waals surface area contributed by atoms with E-state index in [1.165, 1.54) is 6.92 Å². The Labute approximate surface area is 147 Å². The van der Waals surface area contributed by atoms with Gasteiger partial charge < -0.3 is 10.1 Å². The Kier molecular flexibility index (Phi) is 5.42. The Morgan fingerprint density at radius 1 is 1.35 bits per heavy atom. The molecule has 7 heteroatoms. The van der Waals surface area contributed by atoms with Crippen LogP contribution in [0.4, 0.5) is 5.13 Å². The number of thiazole rings is 1. The Bertz CT molecular complexity index is 681. The molecule has 1 aromatic carbocycles. The van der Waals surface area contributed by atoms with Crippen LogP contribution in [0.1, 0.15) is 11.8 Å². The van der Waals surface area contributed by atoms with Gasteiger partial charge in [-0.25, -0.2) is 4.98 Å². The van der Waals surface area contributed by atoms with Crippen LogP contribution in [0, 0.1) is 0 Å². The molecule has 2 aromatic rings. The van der Waals surface area contributed by atoms with Crippen molar-refractivity contribution in [2.75, 3.05) is 31.6 Å². The lowest BCUT2D eigenvalue weighted by Gasteiger charge is -2.26. The summed E-state index contributed by atoms with van der Waals surface area (Å²) in [5, 5.41) is 3.45. The van der Waals surface area contributed by atoms with Crippen LogP contribution in [-0.4, -0.2) is 42.1 Å². The number of rotatable bonds is 4. The third-order valence-corrected chi connectivity index (χ3v) is 5.05.